The molecule has 5 aliphatic heterocycles. The van der Waals surface area contributed by atoms with E-state index in [0.717, 1.165) is 70.6 Å². The van der Waals surface area contributed by atoms with Crippen LogP contribution in [0.25, 0.3) is 0 Å². The van der Waals surface area contributed by atoms with E-state index in [0.29, 0.717) is 32.1 Å². The molecule has 5 saturated heterocycles. The normalized spacial score (nSPS) is 22.1. The maximum atomic E-state index is 11.1. The molecule has 5 aliphatic rings. The van der Waals surface area contributed by atoms with Gasteiger partial charge in [-0.1, -0.05) is 240 Å². The summed E-state index contributed by atoms with van der Waals surface area (Å²) in [6.07, 6.45) is 64.5. The number of esters is 5. The Kier molecular flexibility index (Phi) is 48.9. The molecule has 5 rings (SSSR count). The molecule has 0 aliphatic carbocycles. The Labute approximate surface area is 493 Å². The Balaban J connectivity index is 0.000000500. The molecule has 470 valence electrons. The molecule has 0 aromatic heterocycles. The number of carbonyl (C=O) groups excluding carboxylic acids is 5. The van der Waals surface area contributed by atoms with Crippen molar-refractivity contribution < 1.29 is 47.7 Å². The zero-order valence-corrected chi connectivity index (χ0v) is 53.8. The van der Waals surface area contributed by atoms with Gasteiger partial charge >= 0.3 is 29.8 Å². The molecule has 0 radical (unpaired) electrons. The van der Waals surface area contributed by atoms with E-state index >= 15 is 0 Å². The molecular formula is C70H130O10. The number of ether oxygens (including phenoxy) is 5. The van der Waals surface area contributed by atoms with Crippen molar-refractivity contribution in [3.63, 3.8) is 0 Å². The van der Waals surface area contributed by atoms with Gasteiger partial charge in [0.25, 0.3) is 0 Å². The second kappa shape index (κ2) is 51.9. The smallest absolute Gasteiger partial charge is 0.306 e. The fourth-order valence-corrected chi connectivity index (χ4v) is 11.6. The first-order valence-electron chi connectivity index (χ1n) is 34.8. The second-order valence-corrected chi connectivity index (χ2v) is 25.3. The number of carbonyl (C=O) groups is 5. The molecule has 10 nitrogen and oxygen atoms in total. The van der Waals surface area contributed by atoms with Crippen LogP contribution < -0.4 is 0 Å². The van der Waals surface area contributed by atoms with Crippen LogP contribution in [0.4, 0.5) is 0 Å². The Morgan fingerprint density at radius 3 is 0.800 bits per heavy atom. The van der Waals surface area contributed by atoms with Gasteiger partial charge in [0.15, 0.2) is 0 Å². The Morgan fingerprint density at radius 2 is 0.550 bits per heavy atom. The van der Waals surface area contributed by atoms with E-state index in [1.807, 2.05) is 0 Å². The summed E-state index contributed by atoms with van der Waals surface area (Å²) in [6, 6.07) is 0. The highest BCUT2D eigenvalue weighted by Gasteiger charge is 2.36. The van der Waals surface area contributed by atoms with Crippen molar-refractivity contribution in [3.05, 3.63) is 0 Å². The van der Waals surface area contributed by atoms with Gasteiger partial charge in [-0.25, -0.2) is 0 Å². The van der Waals surface area contributed by atoms with Crippen molar-refractivity contribution >= 4 is 29.8 Å². The first kappa shape index (κ1) is 75.4. The lowest BCUT2D eigenvalue weighted by atomic mass is 9.95. The van der Waals surface area contributed by atoms with Gasteiger partial charge in [-0.2, -0.15) is 0 Å². The number of unbranched alkanes of at least 4 members (excludes halogenated alkanes) is 32. The van der Waals surface area contributed by atoms with Crippen LogP contribution in [0.5, 0.6) is 0 Å². The molecule has 0 aromatic rings. The zero-order valence-electron chi connectivity index (χ0n) is 53.8. The van der Waals surface area contributed by atoms with E-state index in [9.17, 15) is 24.0 Å². The minimum atomic E-state index is -0.138. The average molecular weight is 1130 g/mol. The van der Waals surface area contributed by atoms with Crippen molar-refractivity contribution in [1.82, 2.24) is 0 Å². The van der Waals surface area contributed by atoms with Gasteiger partial charge in [-0.3, -0.25) is 24.0 Å². The molecule has 80 heavy (non-hydrogen) atoms. The number of hydrogen-bond acceptors (Lipinski definition) is 10. The highest BCUT2D eigenvalue weighted by molar-refractivity contribution is 5.73. The minimum absolute atomic E-state index is 0.00423. The van der Waals surface area contributed by atoms with Gasteiger partial charge in [-0.15, -0.1) is 0 Å². The van der Waals surface area contributed by atoms with Gasteiger partial charge in [0.1, 0.15) is 29.5 Å². The van der Waals surface area contributed by atoms with Gasteiger partial charge in [0.05, 0.1) is 0 Å². The van der Waals surface area contributed by atoms with E-state index in [1.54, 1.807) is 0 Å². The molecule has 0 aromatic carbocycles. The van der Waals surface area contributed by atoms with Crippen LogP contribution in [-0.2, 0) is 47.7 Å². The number of hydrogen-bond donors (Lipinski definition) is 0. The molecule has 0 saturated carbocycles. The summed E-state index contributed by atoms with van der Waals surface area (Å²) in [4.78, 5) is 54.9. The summed E-state index contributed by atoms with van der Waals surface area (Å²) >= 11 is 0. The van der Waals surface area contributed by atoms with Gasteiger partial charge in [0, 0.05) is 32.1 Å². The predicted octanol–water partition coefficient (Wildman–Crippen LogP) is 21.1. The van der Waals surface area contributed by atoms with Crippen molar-refractivity contribution in [3.8, 4) is 0 Å². The molecule has 5 atom stereocenters. The fourth-order valence-electron chi connectivity index (χ4n) is 11.6. The minimum Gasteiger partial charge on any atom is -0.462 e. The summed E-state index contributed by atoms with van der Waals surface area (Å²) in [6.45, 7) is 15.4. The molecule has 5 fully saturated rings. The van der Waals surface area contributed by atoms with Crippen molar-refractivity contribution in [2.75, 3.05) is 0 Å². The summed E-state index contributed by atoms with van der Waals surface area (Å²) < 4.78 is 26.4. The maximum Gasteiger partial charge on any atom is 0.306 e. The van der Waals surface area contributed by atoms with Gasteiger partial charge in [-0.05, 0) is 117 Å². The SMILES string of the molecule is CCCCCCCCC1(C)CCC(=O)O1.CCCCCCCCCC1(C)CCC(=O)O1.CCCCCCCCCC1CCCC(=O)O1.CCCCCCCCCCC1CCC(=O)O1.CCCCCCCCCCCC1CCC(=O)O1. The van der Waals surface area contributed by atoms with E-state index in [4.69, 9.17) is 23.7 Å². The monoisotopic (exact) mass is 1130 g/mol. The highest BCUT2D eigenvalue weighted by atomic mass is 16.6. The summed E-state index contributed by atoms with van der Waals surface area (Å²) in [5.74, 6) is 0.00335. The van der Waals surface area contributed by atoms with Crippen molar-refractivity contribution in [2.24, 2.45) is 0 Å². The molecule has 5 heterocycles. The predicted molar refractivity (Wildman–Crippen MR) is 332 cm³/mol. The summed E-state index contributed by atoms with van der Waals surface area (Å²) in [7, 11) is 0. The summed E-state index contributed by atoms with van der Waals surface area (Å²) in [5, 5.41) is 0. The average Bonchev–Trinajstić information content (AvgIpc) is 4.26. The molecule has 0 N–H and O–H groups in total. The van der Waals surface area contributed by atoms with Crippen LogP contribution in [0, 0.1) is 0 Å². The molecule has 0 amide bonds. The molecule has 5 unspecified atom stereocenters. The Morgan fingerprint density at radius 1 is 0.300 bits per heavy atom. The number of rotatable bonds is 42. The Hall–Kier alpha value is -2.65. The van der Waals surface area contributed by atoms with Crippen LogP contribution in [0.3, 0.4) is 0 Å². The first-order valence-corrected chi connectivity index (χ1v) is 34.8. The number of cyclic esters (lactones) is 5. The van der Waals surface area contributed by atoms with Crippen molar-refractivity contribution in [2.45, 2.75) is 418 Å². The second-order valence-electron chi connectivity index (χ2n) is 25.3. The molecular weight excluding hydrogens is 1000 g/mol. The topological polar surface area (TPSA) is 132 Å². The highest BCUT2D eigenvalue weighted by Crippen LogP contribution is 2.33. The quantitative estimate of drug-likeness (QED) is 0.0331. The fraction of sp³-hybridized carbons (Fsp3) is 0.929. The van der Waals surface area contributed by atoms with E-state index in [2.05, 4.69) is 48.5 Å². The van der Waals surface area contributed by atoms with Crippen LogP contribution in [0.2, 0.25) is 0 Å². The molecule has 0 spiro atoms. The third-order valence-corrected chi connectivity index (χ3v) is 17.1. The third kappa shape index (κ3) is 44.9. The lowest BCUT2D eigenvalue weighted by Gasteiger charge is -2.22. The third-order valence-electron chi connectivity index (χ3n) is 17.1. The van der Waals surface area contributed by atoms with E-state index in [-0.39, 0.29) is 59.4 Å². The van der Waals surface area contributed by atoms with E-state index in [1.165, 1.54) is 238 Å². The van der Waals surface area contributed by atoms with Crippen LogP contribution in [0.15, 0.2) is 0 Å². The lowest BCUT2D eigenvalue weighted by Crippen LogP contribution is -2.23. The lowest BCUT2D eigenvalue weighted by molar-refractivity contribution is -0.154. The van der Waals surface area contributed by atoms with Crippen LogP contribution >= 0.6 is 0 Å². The summed E-state index contributed by atoms with van der Waals surface area (Å²) in [5.41, 5.74) is -0.275. The first-order chi connectivity index (χ1) is 38.8. The molecule has 0 bridgehead atoms. The van der Waals surface area contributed by atoms with Crippen molar-refractivity contribution in [1.29, 1.82) is 0 Å². The standard InChI is InChI=1S/C15H28O2.3C14H26O2.C13H24O2/c1-2-3-4-5-6-7-8-9-10-11-14-12-13-15(16)17-14;1-3-4-5-6-7-8-9-11-14(2)12-10-13(15)16-14;1-2-3-4-5-6-7-8-10-13-11-9-12-14(15)16-13;1-2-3-4-5-6-7-8-9-10-13-11-12-14(15)16-13;1-3-4-5-6-7-8-10-13(2)11-9-12(14)15-13/h14H,2-13H2,1H3;3-12H2,1-2H3;2*13H,2-12H2,1H3;3-11H2,1-2H3. The largest absolute Gasteiger partial charge is 0.462 e. The maximum absolute atomic E-state index is 11.1. The van der Waals surface area contributed by atoms with Crippen LogP contribution in [0.1, 0.15) is 389 Å². The van der Waals surface area contributed by atoms with Crippen LogP contribution in [-0.4, -0.2) is 59.4 Å². The van der Waals surface area contributed by atoms with E-state index < -0.39 is 0 Å². The zero-order chi connectivity index (χ0) is 58.6. The van der Waals surface area contributed by atoms with Gasteiger partial charge in [0.2, 0.25) is 0 Å². The Bertz CT molecular complexity index is 1500. The molecule has 10 heteroatoms. The van der Waals surface area contributed by atoms with Gasteiger partial charge < -0.3 is 23.7 Å².